The number of fused-ring (bicyclic) bond motifs is 1. The van der Waals surface area contributed by atoms with Crippen LogP contribution in [0.4, 0.5) is 19.0 Å². The molecule has 0 saturated carbocycles. The average Bonchev–Trinajstić information content (AvgIpc) is 2.97. The first kappa shape index (κ1) is 19.1. The highest BCUT2D eigenvalue weighted by Crippen LogP contribution is 2.48. The number of nitrogen functional groups attached to an aromatic ring is 1. The molecular weight excluding hydrogens is 402 g/mol. The third-order valence-corrected chi connectivity index (χ3v) is 5.25. The van der Waals surface area contributed by atoms with Crippen molar-refractivity contribution in [2.75, 3.05) is 12.3 Å². The maximum atomic E-state index is 14.3. The molecule has 12 heteroatoms. The van der Waals surface area contributed by atoms with E-state index in [1.807, 2.05) is 12.1 Å². The van der Waals surface area contributed by atoms with Crippen molar-refractivity contribution in [1.29, 1.82) is 0 Å². The standard InChI is InChI=1S/C16H15F3N3O5P/c17-11-6-22(15(23)21-13(11)20)14-16(18,19)5-10(26-14)8-25-28-24-7-9-3-1-2-4-12(9)27-28/h1-4,6,10,14H,5,7-8H2,(H2,20,21,23). The van der Waals surface area contributed by atoms with Gasteiger partial charge < -0.3 is 15.0 Å². The maximum absolute atomic E-state index is 14.3. The summed E-state index contributed by atoms with van der Waals surface area (Å²) < 4.78 is 64.3. The van der Waals surface area contributed by atoms with E-state index < -0.39 is 50.6 Å². The minimum absolute atomic E-state index is 0.250. The summed E-state index contributed by atoms with van der Waals surface area (Å²) in [5.74, 6) is -4.59. The van der Waals surface area contributed by atoms with Crippen LogP contribution >= 0.6 is 8.60 Å². The predicted octanol–water partition coefficient (Wildman–Crippen LogP) is 2.74. The molecule has 4 rings (SSSR count). The van der Waals surface area contributed by atoms with Crippen LogP contribution in [0, 0.1) is 5.82 Å². The Balaban J connectivity index is 1.41. The van der Waals surface area contributed by atoms with E-state index in [2.05, 4.69) is 4.98 Å². The zero-order chi connectivity index (χ0) is 19.9. The summed E-state index contributed by atoms with van der Waals surface area (Å²) in [5, 5.41) is 0. The van der Waals surface area contributed by atoms with Crippen molar-refractivity contribution in [3.8, 4) is 5.75 Å². The van der Waals surface area contributed by atoms with Crippen molar-refractivity contribution in [2.45, 2.75) is 31.3 Å². The molecule has 2 N–H and O–H groups in total. The highest BCUT2D eigenvalue weighted by atomic mass is 31.2. The lowest BCUT2D eigenvalue weighted by atomic mass is 10.2. The van der Waals surface area contributed by atoms with Crippen molar-refractivity contribution in [3.05, 3.63) is 52.3 Å². The van der Waals surface area contributed by atoms with Crippen LogP contribution in [0.3, 0.4) is 0 Å². The van der Waals surface area contributed by atoms with Crippen molar-refractivity contribution in [3.63, 3.8) is 0 Å². The summed E-state index contributed by atoms with van der Waals surface area (Å²) in [5.41, 5.74) is 4.89. The topological polar surface area (TPSA) is 97.8 Å². The normalized spacial score (nSPS) is 25.9. The second-order valence-electron chi connectivity index (χ2n) is 6.23. The Morgan fingerprint density at radius 2 is 2.18 bits per heavy atom. The van der Waals surface area contributed by atoms with Crippen LogP contribution in [0.25, 0.3) is 0 Å². The lowest BCUT2D eigenvalue weighted by molar-refractivity contribution is -0.120. The number of para-hydroxylation sites is 1. The minimum Gasteiger partial charge on any atom is -0.426 e. The summed E-state index contributed by atoms with van der Waals surface area (Å²) in [4.78, 5) is 15.0. The van der Waals surface area contributed by atoms with E-state index in [0.717, 1.165) is 5.56 Å². The van der Waals surface area contributed by atoms with Gasteiger partial charge in [-0.2, -0.15) is 4.98 Å². The zero-order valence-corrected chi connectivity index (χ0v) is 15.2. The highest BCUT2D eigenvalue weighted by molar-refractivity contribution is 7.42. The van der Waals surface area contributed by atoms with Gasteiger partial charge in [0.15, 0.2) is 11.6 Å². The summed E-state index contributed by atoms with van der Waals surface area (Å²) in [6.07, 6.45) is -3.24. The third-order valence-electron chi connectivity index (χ3n) is 4.21. The van der Waals surface area contributed by atoms with E-state index in [0.29, 0.717) is 16.5 Å². The Morgan fingerprint density at radius 3 is 3.00 bits per heavy atom. The van der Waals surface area contributed by atoms with Crippen LogP contribution in [0.2, 0.25) is 0 Å². The molecule has 2 aliphatic heterocycles. The molecule has 0 aliphatic carbocycles. The molecule has 3 heterocycles. The van der Waals surface area contributed by atoms with Gasteiger partial charge in [0, 0.05) is 12.0 Å². The van der Waals surface area contributed by atoms with Crippen LogP contribution < -0.4 is 15.9 Å². The fourth-order valence-corrected chi connectivity index (χ4v) is 3.93. The first-order valence-electron chi connectivity index (χ1n) is 8.23. The summed E-state index contributed by atoms with van der Waals surface area (Å²) in [6, 6.07) is 7.22. The van der Waals surface area contributed by atoms with Gasteiger partial charge in [-0.25, -0.2) is 18.0 Å². The van der Waals surface area contributed by atoms with Gasteiger partial charge in [0.2, 0.25) is 6.23 Å². The van der Waals surface area contributed by atoms with E-state index in [9.17, 15) is 18.0 Å². The van der Waals surface area contributed by atoms with Crippen LogP contribution in [0.15, 0.2) is 35.3 Å². The summed E-state index contributed by atoms with van der Waals surface area (Å²) in [6.45, 7) is 0.0254. The highest BCUT2D eigenvalue weighted by Gasteiger charge is 2.52. The molecule has 1 aromatic carbocycles. The van der Waals surface area contributed by atoms with Gasteiger partial charge in [-0.3, -0.25) is 13.6 Å². The molecule has 0 radical (unpaired) electrons. The lowest BCUT2D eigenvalue weighted by Gasteiger charge is -2.24. The summed E-state index contributed by atoms with van der Waals surface area (Å²) >= 11 is 0. The van der Waals surface area contributed by atoms with Crippen molar-refractivity contribution >= 4 is 14.4 Å². The second kappa shape index (κ2) is 7.32. The largest absolute Gasteiger partial charge is 0.426 e. The number of anilines is 1. The van der Waals surface area contributed by atoms with Crippen molar-refractivity contribution in [2.24, 2.45) is 0 Å². The molecule has 28 heavy (non-hydrogen) atoms. The van der Waals surface area contributed by atoms with Crippen molar-refractivity contribution < 1.29 is 31.5 Å². The van der Waals surface area contributed by atoms with Gasteiger partial charge in [0.05, 0.1) is 25.5 Å². The van der Waals surface area contributed by atoms with E-state index >= 15 is 0 Å². The fourth-order valence-electron chi connectivity index (χ4n) is 2.88. The molecular formula is C16H15F3N3O5P. The van der Waals surface area contributed by atoms with Crippen LogP contribution in [0.1, 0.15) is 18.2 Å². The van der Waals surface area contributed by atoms with Gasteiger partial charge >= 0.3 is 14.3 Å². The molecule has 3 unspecified atom stereocenters. The van der Waals surface area contributed by atoms with Gasteiger partial charge in [0.25, 0.3) is 5.92 Å². The average molecular weight is 417 g/mol. The predicted molar refractivity (Wildman–Crippen MR) is 91.1 cm³/mol. The molecule has 1 aromatic heterocycles. The Bertz CT molecular complexity index is 944. The molecule has 0 bridgehead atoms. The Hall–Kier alpha value is -2.20. The minimum atomic E-state index is -3.43. The lowest BCUT2D eigenvalue weighted by Crippen LogP contribution is -2.35. The zero-order valence-electron chi connectivity index (χ0n) is 14.3. The maximum Gasteiger partial charge on any atom is 0.397 e. The van der Waals surface area contributed by atoms with E-state index in [4.69, 9.17) is 24.0 Å². The van der Waals surface area contributed by atoms with Crippen LogP contribution in [0.5, 0.6) is 5.75 Å². The number of benzene rings is 1. The number of alkyl halides is 2. The number of hydrogen-bond donors (Lipinski definition) is 1. The molecule has 8 nitrogen and oxygen atoms in total. The van der Waals surface area contributed by atoms with Gasteiger partial charge in [0.1, 0.15) is 5.75 Å². The van der Waals surface area contributed by atoms with E-state index in [-0.39, 0.29) is 13.2 Å². The van der Waals surface area contributed by atoms with Gasteiger partial charge in [-0.05, 0) is 6.07 Å². The number of nitrogens with zero attached hydrogens (tertiary/aromatic N) is 2. The van der Waals surface area contributed by atoms with Gasteiger partial charge in [-0.15, -0.1) is 0 Å². The quantitative estimate of drug-likeness (QED) is 0.764. The Morgan fingerprint density at radius 1 is 1.39 bits per heavy atom. The number of nitrogens with two attached hydrogens (primary N) is 1. The van der Waals surface area contributed by atoms with Gasteiger partial charge in [-0.1, -0.05) is 18.2 Å². The SMILES string of the molecule is Nc1nc(=O)n(C2OC(COP3OCc4ccccc4O3)CC2(F)F)cc1F. The number of hydrogen-bond acceptors (Lipinski definition) is 7. The van der Waals surface area contributed by atoms with Crippen LogP contribution in [-0.4, -0.2) is 28.2 Å². The molecule has 150 valence electrons. The number of ether oxygens (including phenoxy) is 1. The monoisotopic (exact) mass is 417 g/mol. The molecule has 3 atom stereocenters. The molecule has 1 fully saturated rings. The molecule has 1 saturated heterocycles. The number of aromatic nitrogens is 2. The Kier molecular flexibility index (Phi) is 5.00. The fraction of sp³-hybridized carbons (Fsp3) is 0.375. The van der Waals surface area contributed by atoms with E-state index in [1.165, 1.54) is 0 Å². The first-order chi connectivity index (χ1) is 13.3. The first-order valence-corrected chi connectivity index (χ1v) is 9.32. The number of rotatable bonds is 4. The molecule has 2 aromatic rings. The Labute approximate surface area is 158 Å². The molecule has 0 spiro atoms. The van der Waals surface area contributed by atoms with E-state index in [1.54, 1.807) is 12.1 Å². The summed E-state index contributed by atoms with van der Waals surface area (Å²) in [7, 11) is -1.77. The molecule has 0 amide bonds. The smallest absolute Gasteiger partial charge is 0.397 e. The molecule has 2 aliphatic rings. The van der Waals surface area contributed by atoms with Crippen molar-refractivity contribution in [1.82, 2.24) is 9.55 Å². The third kappa shape index (κ3) is 3.70. The van der Waals surface area contributed by atoms with Crippen LogP contribution in [-0.2, 0) is 20.4 Å². The number of halogens is 3. The second-order valence-corrected chi connectivity index (χ2v) is 7.38.